The molecular formula is C15H19ClN4O2. The van der Waals surface area contributed by atoms with Crippen molar-refractivity contribution in [3.8, 4) is 0 Å². The Morgan fingerprint density at radius 3 is 2.64 bits per heavy atom. The lowest BCUT2D eigenvalue weighted by molar-refractivity contribution is 0.187. The fourth-order valence-corrected chi connectivity index (χ4v) is 2.16. The molecule has 0 saturated heterocycles. The highest BCUT2D eigenvalue weighted by Crippen LogP contribution is 2.22. The van der Waals surface area contributed by atoms with Crippen LogP contribution in [-0.2, 0) is 7.05 Å². The summed E-state index contributed by atoms with van der Waals surface area (Å²) in [7, 11) is 1.86. The second-order valence-corrected chi connectivity index (χ2v) is 5.52. The number of aliphatic hydroxyl groups is 1. The second-order valence-electron chi connectivity index (χ2n) is 5.08. The Balaban J connectivity index is 2.21. The molecule has 1 aromatic carbocycles. The number of nitrogens with zero attached hydrogens (tertiary/aromatic N) is 2. The Kier molecular flexibility index (Phi) is 5.41. The third kappa shape index (κ3) is 4.22. The Labute approximate surface area is 134 Å². The van der Waals surface area contributed by atoms with Crippen molar-refractivity contribution in [3.05, 3.63) is 53.1 Å². The van der Waals surface area contributed by atoms with Crippen molar-refractivity contribution in [2.24, 2.45) is 7.05 Å². The van der Waals surface area contributed by atoms with Crippen molar-refractivity contribution in [2.45, 2.75) is 19.1 Å². The second kappa shape index (κ2) is 7.29. The van der Waals surface area contributed by atoms with Gasteiger partial charge in [0.05, 0.1) is 6.10 Å². The number of imidazole rings is 1. The fourth-order valence-electron chi connectivity index (χ4n) is 2.03. The maximum atomic E-state index is 12.0. The molecule has 0 unspecified atom stereocenters. The largest absolute Gasteiger partial charge is 0.392 e. The van der Waals surface area contributed by atoms with E-state index in [0.29, 0.717) is 10.8 Å². The van der Waals surface area contributed by atoms with Gasteiger partial charge in [0.1, 0.15) is 11.9 Å². The molecule has 0 spiro atoms. The van der Waals surface area contributed by atoms with Crippen molar-refractivity contribution in [2.75, 3.05) is 6.54 Å². The first-order valence-electron chi connectivity index (χ1n) is 6.92. The van der Waals surface area contributed by atoms with Crippen molar-refractivity contribution in [3.63, 3.8) is 0 Å². The van der Waals surface area contributed by atoms with Crippen molar-refractivity contribution < 1.29 is 9.90 Å². The van der Waals surface area contributed by atoms with Crippen LogP contribution in [0.5, 0.6) is 0 Å². The van der Waals surface area contributed by atoms with Crippen LogP contribution in [0.25, 0.3) is 0 Å². The standard InChI is InChI=1S/C15H19ClN4O2/c1-10(21)9-18-15(22)19-13(14-17-7-8-20(14)2)11-3-5-12(16)6-4-11/h3-8,10,13,21H,9H2,1-2H3,(H2,18,19,22)/t10-,13+/m0/s1. The van der Waals surface area contributed by atoms with Crippen LogP contribution >= 0.6 is 11.6 Å². The van der Waals surface area contributed by atoms with E-state index in [4.69, 9.17) is 11.6 Å². The van der Waals surface area contributed by atoms with E-state index in [-0.39, 0.29) is 12.6 Å². The Morgan fingerprint density at radius 1 is 1.41 bits per heavy atom. The van der Waals surface area contributed by atoms with Gasteiger partial charge in [-0.15, -0.1) is 0 Å². The van der Waals surface area contributed by atoms with Crippen LogP contribution in [0.4, 0.5) is 4.79 Å². The molecule has 0 aliphatic heterocycles. The minimum Gasteiger partial charge on any atom is -0.392 e. The van der Waals surface area contributed by atoms with Gasteiger partial charge in [0.2, 0.25) is 0 Å². The average Bonchev–Trinajstić information content (AvgIpc) is 2.90. The van der Waals surface area contributed by atoms with Gasteiger partial charge >= 0.3 is 6.03 Å². The molecule has 2 rings (SSSR count). The molecule has 0 saturated carbocycles. The minimum absolute atomic E-state index is 0.180. The van der Waals surface area contributed by atoms with Gasteiger partial charge in [-0.25, -0.2) is 9.78 Å². The molecule has 1 heterocycles. The summed E-state index contributed by atoms with van der Waals surface area (Å²) in [4.78, 5) is 16.3. The molecule has 1 aromatic heterocycles. The van der Waals surface area contributed by atoms with Crippen LogP contribution in [0.3, 0.4) is 0 Å². The van der Waals surface area contributed by atoms with E-state index in [2.05, 4.69) is 15.6 Å². The summed E-state index contributed by atoms with van der Waals surface area (Å²) in [5.74, 6) is 0.703. The highest BCUT2D eigenvalue weighted by Gasteiger charge is 2.20. The van der Waals surface area contributed by atoms with Crippen molar-refractivity contribution in [1.82, 2.24) is 20.2 Å². The zero-order valence-corrected chi connectivity index (χ0v) is 13.2. The molecule has 22 heavy (non-hydrogen) atoms. The van der Waals surface area contributed by atoms with Gasteiger partial charge in [-0.3, -0.25) is 0 Å². The molecule has 3 N–H and O–H groups in total. The lowest BCUT2D eigenvalue weighted by atomic mass is 10.1. The number of rotatable bonds is 5. The number of aromatic nitrogens is 2. The maximum absolute atomic E-state index is 12.0. The SMILES string of the molecule is C[C@H](O)CNC(=O)N[C@H](c1ccc(Cl)cc1)c1nccn1C. The number of hydrogen-bond acceptors (Lipinski definition) is 3. The quantitative estimate of drug-likeness (QED) is 0.786. The van der Waals surface area contributed by atoms with Gasteiger partial charge in [0.15, 0.2) is 0 Å². The molecule has 0 radical (unpaired) electrons. The van der Waals surface area contributed by atoms with E-state index in [0.717, 1.165) is 5.56 Å². The lowest BCUT2D eigenvalue weighted by Crippen LogP contribution is -2.41. The Hall–Kier alpha value is -2.05. The van der Waals surface area contributed by atoms with Crippen LogP contribution < -0.4 is 10.6 Å². The van der Waals surface area contributed by atoms with Crippen LogP contribution in [0.15, 0.2) is 36.7 Å². The number of nitrogens with one attached hydrogen (secondary N) is 2. The van der Waals surface area contributed by atoms with E-state index < -0.39 is 12.1 Å². The summed E-state index contributed by atoms with van der Waals surface area (Å²) in [6.45, 7) is 1.79. The van der Waals surface area contributed by atoms with Gasteiger partial charge in [-0.2, -0.15) is 0 Å². The number of benzene rings is 1. The van der Waals surface area contributed by atoms with E-state index in [9.17, 15) is 9.90 Å². The van der Waals surface area contributed by atoms with Crippen LogP contribution in [-0.4, -0.2) is 33.3 Å². The third-order valence-corrected chi connectivity index (χ3v) is 3.41. The molecule has 0 aliphatic carbocycles. The molecule has 2 atom stereocenters. The lowest BCUT2D eigenvalue weighted by Gasteiger charge is -2.20. The first-order valence-corrected chi connectivity index (χ1v) is 7.30. The summed E-state index contributed by atoms with van der Waals surface area (Å²) in [6.07, 6.45) is 2.88. The van der Waals surface area contributed by atoms with Crippen LogP contribution in [0.1, 0.15) is 24.4 Å². The molecular weight excluding hydrogens is 304 g/mol. The fraction of sp³-hybridized carbons (Fsp3) is 0.333. The molecule has 2 amide bonds. The van der Waals surface area contributed by atoms with Gasteiger partial charge < -0.3 is 20.3 Å². The first-order chi connectivity index (χ1) is 10.5. The minimum atomic E-state index is -0.604. The van der Waals surface area contributed by atoms with Gasteiger partial charge in [-0.1, -0.05) is 23.7 Å². The van der Waals surface area contributed by atoms with E-state index in [1.807, 2.05) is 29.9 Å². The average molecular weight is 323 g/mol. The third-order valence-electron chi connectivity index (χ3n) is 3.15. The van der Waals surface area contributed by atoms with E-state index >= 15 is 0 Å². The highest BCUT2D eigenvalue weighted by atomic mass is 35.5. The number of carbonyl (C=O) groups excluding carboxylic acids is 1. The van der Waals surface area contributed by atoms with Gasteiger partial charge in [0.25, 0.3) is 0 Å². The molecule has 0 aliphatic rings. The van der Waals surface area contributed by atoms with Gasteiger partial charge in [-0.05, 0) is 24.6 Å². The number of amides is 2. The first kappa shape index (κ1) is 16.3. The molecule has 0 fully saturated rings. The van der Waals surface area contributed by atoms with Crippen LogP contribution in [0.2, 0.25) is 5.02 Å². The summed E-state index contributed by atoms with van der Waals surface area (Å²) in [6, 6.07) is 6.44. The predicted molar refractivity (Wildman–Crippen MR) is 84.7 cm³/mol. The summed E-state index contributed by atoms with van der Waals surface area (Å²) < 4.78 is 1.84. The number of hydrogen-bond donors (Lipinski definition) is 3. The van der Waals surface area contributed by atoms with Crippen molar-refractivity contribution >= 4 is 17.6 Å². The Morgan fingerprint density at radius 2 is 2.09 bits per heavy atom. The maximum Gasteiger partial charge on any atom is 0.315 e. The predicted octanol–water partition coefficient (Wildman–Crippen LogP) is 1.84. The molecule has 7 heteroatoms. The highest BCUT2D eigenvalue weighted by molar-refractivity contribution is 6.30. The molecule has 0 bridgehead atoms. The van der Waals surface area contributed by atoms with Gasteiger partial charge in [0, 0.05) is 31.0 Å². The topological polar surface area (TPSA) is 79.2 Å². The van der Waals surface area contributed by atoms with Crippen LogP contribution in [0, 0.1) is 0 Å². The number of aryl methyl sites for hydroxylation is 1. The zero-order chi connectivity index (χ0) is 16.1. The zero-order valence-electron chi connectivity index (χ0n) is 12.5. The Bertz CT molecular complexity index is 625. The number of halogens is 1. The number of carbonyl (C=O) groups is 1. The molecule has 6 nitrogen and oxygen atoms in total. The molecule has 118 valence electrons. The summed E-state index contributed by atoms with van der Waals surface area (Å²) >= 11 is 5.91. The number of aliphatic hydroxyl groups excluding tert-OH is 1. The smallest absolute Gasteiger partial charge is 0.315 e. The van der Waals surface area contributed by atoms with E-state index in [1.54, 1.807) is 25.3 Å². The van der Waals surface area contributed by atoms with Crippen molar-refractivity contribution in [1.29, 1.82) is 0 Å². The summed E-state index contributed by atoms with van der Waals surface area (Å²) in [5.41, 5.74) is 0.867. The monoisotopic (exact) mass is 322 g/mol. The normalized spacial score (nSPS) is 13.5. The van der Waals surface area contributed by atoms with E-state index in [1.165, 1.54) is 0 Å². The molecule has 2 aromatic rings. The number of urea groups is 1. The summed E-state index contributed by atoms with van der Waals surface area (Å²) in [5, 5.41) is 15.3.